The van der Waals surface area contributed by atoms with Crippen molar-refractivity contribution in [3.63, 3.8) is 0 Å². The monoisotopic (exact) mass is 1050 g/mol. The number of carbonyl (C=O) groups is 4. The molecule has 0 bridgehead atoms. The lowest BCUT2D eigenvalue weighted by molar-refractivity contribution is -0.133. The van der Waals surface area contributed by atoms with Gasteiger partial charge in [-0.25, -0.2) is 26.3 Å². The summed E-state index contributed by atoms with van der Waals surface area (Å²) in [4.78, 5) is 57.3. The molecule has 0 fully saturated rings. The molecule has 0 aliphatic heterocycles. The number of amides is 4. The topological polar surface area (TPSA) is 249 Å². The highest BCUT2D eigenvalue weighted by molar-refractivity contribution is 7.89. The third-order valence-corrected chi connectivity index (χ3v) is 14.3. The van der Waals surface area contributed by atoms with Gasteiger partial charge in [0.05, 0.1) is 24.6 Å². The zero-order valence-electron chi connectivity index (χ0n) is 42.4. The number of nitrogens with one attached hydrogen (secondary N) is 6. The van der Waals surface area contributed by atoms with E-state index in [2.05, 4.69) is 30.7 Å². The van der Waals surface area contributed by atoms with Gasteiger partial charge in [0.2, 0.25) is 43.7 Å². The van der Waals surface area contributed by atoms with Crippen molar-refractivity contribution in [3.05, 3.63) is 168 Å². The van der Waals surface area contributed by atoms with Crippen LogP contribution in [-0.4, -0.2) is 112 Å². The molecule has 0 saturated carbocycles. The van der Waals surface area contributed by atoms with Crippen LogP contribution in [0.4, 0.5) is 0 Å². The van der Waals surface area contributed by atoms with E-state index in [0.29, 0.717) is 22.3 Å². The highest BCUT2D eigenvalue weighted by atomic mass is 32.2. The van der Waals surface area contributed by atoms with Gasteiger partial charge in [-0.2, -0.15) is 0 Å². The molecule has 0 heterocycles. The maximum atomic E-state index is 14.5. The first-order valence-electron chi connectivity index (χ1n) is 24.6. The van der Waals surface area contributed by atoms with Gasteiger partial charge in [-0.1, -0.05) is 173 Å². The summed E-state index contributed by atoms with van der Waals surface area (Å²) >= 11 is 0. The predicted molar refractivity (Wildman–Crippen MR) is 289 cm³/mol. The number of aliphatic hydroxyl groups excluding tert-OH is 2. The second kappa shape index (κ2) is 25.6. The van der Waals surface area contributed by atoms with E-state index in [9.17, 15) is 46.2 Å². The highest BCUT2D eigenvalue weighted by Gasteiger charge is 2.39. The summed E-state index contributed by atoms with van der Waals surface area (Å²) in [6, 6.07) is 36.2. The van der Waals surface area contributed by atoms with Gasteiger partial charge in [-0.05, 0) is 81.3 Å². The van der Waals surface area contributed by atoms with Gasteiger partial charge in [0.15, 0.2) is 0 Å². The van der Waals surface area contributed by atoms with Gasteiger partial charge in [-0.15, -0.1) is 0 Å². The van der Waals surface area contributed by atoms with Crippen LogP contribution in [0.5, 0.6) is 0 Å². The molecule has 6 rings (SSSR count). The van der Waals surface area contributed by atoms with Crippen molar-refractivity contribution in [2.24, 2.45) is 11.8 Å². The Hall–Kier alpha value is -6.54. The molecule has 0 aromatic heterocycles. The van der Waals surface area contributed by atoms with E-state index in [1.54, 1.807) is 100 Å². The average molecular weight is 1050 g/mol. The molecule has 0 aliphatic carbocycles. The molecule has 18 heteroatoms. The maximum Gasteiger partial charge on any atom is 0.243 e. The smallest absolute Gasteiger partial charge is 0.243 e. The highest BCUT2D eigenvalue weighted by Crippen LogP contribution is 2.23. The number of hydrogen-bond acceptors (Lipinski definition) is 10. The van der Waals surface area contributed by atoms with E-state index in [1.807, 2.05) is 72.8 Å². The van der Waals surface area contributed by atoms with E-state index >= 15 is 0 Å². The van der Waals surface area contributed by atoms with Gasteiger partial charge in [0.25, 0.3) is 0 Å². The van der Waals surface area contributed by atoms with Crippen LogP contribution in [-0.2, 0) is 64.9 Å². The van der Waals surface area contributed by atoms with Crippen LogP contribution in [0.15, 0.2) is 146 Å². The Kier molecular flexibility index (Phi) is 19.6. The van der Waals surface area contributed by atoms with Crippen molar-refractivity contribution in [1.82, 2.24) is 30.7 Å². The predicted octanol–water partition coefficient (Wildman–Crippen LogP) is 4.07. The second-order valence-electron chi connectivity index (χ2n) is 19.6. The normalized spacial score (nSPS) is 15.3. The van der Waals surface area contributed by atoms with E-state index in [1.165, 1.54) is 0 Å². The minimum atomic E-state index is -3.93. The first-order chi connectivity index (χ1) is 35.1. The van der Waals surface area contributed by atoms with Crippen LogP contribution in [0.1, 0.15) is 49.9 Å². The SMILES string of the molecule is CC(C)[C@H](NC(=O)[C@H](Cc1cccc2ccccc12)NS(C)(=O)=O)C(=O)N[C@@H](Cc1ccccc1)[C@@H](O)[C@H](O)[C@H](Cc1ccccc1)NC(=O)[C@@H](NC(=O)[C@H](Cc1cccc2ccccc12)NS(C)(=O)=O)C(C)C. The summed E-state index contributed by atoms with van der Waals surface area (Å²) in [5, 5.41) is 39.3. The van der Waals surface area contributed by atoms with Crippen LogP contribution in [0.3, 0.4) is 0 Å². The molecular weight excluding hydrogens is 981 g/mol. The molecule has 8 atom stereocenters. The lowest BCUT2D eigenvalue weighted by atomic mass is 9.90. The van der Waals surface area contributed by atoms with E-state index in [-0.39, 0.29) is 25.7 Å². The standard InChI is InChI=1S/C56H68N6O10S2/c1-35(2)49(59-53(65)47(61-73(5,69)70)33-41-27-17-25-39-23-13-15-29-43(39)41)55(67)57-45(31-37-19-9-7-10-20-37)51(63)52(64)46(32-38-21-11-8-12-22-38)58-56(68)50(36(3)4)60-54(66)48(62-74(6,71)72)34-42-28-18-26-40-24-14-16-30-44(40)42/h7-30,35-36,45-52,61-64H,31-34H2,1-6H3,(H,57,67)(H,58,68)(H,59,65)(H,60,66)/t45-,46-,47-,48-,49-,50-,51+,52+/m0/s1. The number of aliphatic hydroxyl groups is 2. The van der Waals surface area contributed by atoms with Crippen molar-refractivity contribution in [2.75, 3.05) is 12.5 Å². The Balaban J connectivity index is 1.26. The molecule has 0 spiro atoms. The third kappa shape index (κ3) is 16.2. The minimum Gasteiger partial charge on any atom is -0.388 e. The van der Waals surface area contributed by atoms with Crippen LogP contribution >= 0.6 is 0 Å². The van der Waals surface area contributed by atoms with E-state index < -0.39 is 104 Å². The fraction of sp³-hybridized carbons (Fsp3) is 0.357. The molecule has 0 unspecified atom stereocenters. The Labute approximate surface area is 434 Å². The van der Waals surface area contributed by atoms with Crippen molar-refractivity contribution >= 4 is 65.2 Å². The quantitative estimate of drug-likeness (QED) is 0.0408. The van der Waals surface area contributed by atoms with Gasteiger partial charge < -0.3 is 31.5 Å². The van der Waals surface area contributed by atoms with Crippen LogP contribution in [0.25, 0.3) is 21.5 Å². The Bertz CT molecular complexity index is 2890. The largest absolute Gasteiger partial charge is 0.388 e. The lowest BCUT2D eigenvalue weighted by Gasteiger charge is -2.35. The summed E-state index contributed by atoms with van der Waals surface area (Å²) in [5.41, 5.74) is 2.76. The molecule has 74 heavy (non-hydrogen) atoms. The molecule has 6 aromatic rings. The number of rotatable bonds is 25. The number of benzene rings is 6. The number of hydrogen-bond donors (Lipinski definition) is 8. The summed E-state index contributed by atoms with van der Waals surface area (Å²) in [5.74, 6) is -4.08. The van der Waals surface area contributed by atoms with Crippen molar-refractivity contribution in [1.29, 1.82) is 0 Å². The number of fused-ring (bicyclic) bond motifs is 2. The molecule has 0 aliphatic rings. The summed E-state index contributed by atoms with van der Waals surface area (Å²) < 4.78 is 55.5. The van der Waals surface area contributed by atoms with Crippen LogP contribution in [0.2, 0.25) is 0 Å². The summed E-state index contributed by atoms with van der Waals surface area (Å²) in [6.07, 6.45) is -1.73. The lowest BCUT2D eigenvalue weighted by Crippen LogP contribution is -2.62. The van der Waals surface area contributed by atoms with Crippen LogP contribution < -0.4 is 30.7 Å². The summed E-state index contributed by atoms with van der Waals surface area (Å²) in [7, 11) is -7.85. The average Bonchev–Trinajstić information content (AvgIpc) is 3.35. The molecule has 0 saturated heterocycles. The van der Waals surface area contributed by atoms with Gasteiger partial charge in [0.1, 0.15) is 36.4 Å². The first-order valence-corrected chi connectivity index (χ1v) is 28.4. The number of carbonyl (C=O) groups excluding carboxylic acids is 4. The van der Waals surface area contributed by atoms with Crippen LogP contribution in [0, 0.1) is 11.8 Å². The first kappa shape index (κ1) is 56.8. The number of sulfonamides is 2. The van der Waals surface area contributed by atoms with E-state index in [4.69, 9.17) is 0 Å². The van der Waals surface area contributed by atoms with Gasteiger partial charge in [-0.3, -0.25) is 19.2 Å². The van der Waals surface area contributed by atoms with Gasteiger partial charge >= 0.3 is 0 Å². The molecule has 394 valence electrons. The molecule has 6 aromatic carbocycles. The zero-order valence-corrected chi connectivity index (χ0v) is 44.1. The van der Waals surface area contributed by atoms with Crippen molar-refractivity contribution < 1.29 is 46.2 Å². The fourth-order valence-corrected chi connectivity index (χ4v) is 10.5. The molecular formula is C56H68N6O10S2. The Morgan fingerprint density at radius 2 is 0.743 bits per heavy atom. The van der Waals surface area contributed by atoms with Crippen molar-refractivity contribution in [2.45, 2.75) is 102 Å². The molecule has 0 radical (unpaired) electrons. The maximum absolute atomic E-state index is 14.5. The third-order valence-electron chi connectivity index (χ3n) is 12.9. The molecule has 4 amide bonds. The summed E-state index contributed by atoms with van der Waals surface area (Å²) in [6.45, 7) is 6.79. The molecule has 8 N–H and O–H groups in total. The van der Waals surface area contributed by atoms with Gasteiger partial charge in [0, 0.05) is 0 Å². The zero-order chi connectivity index (χ0) is 53.7. The fourth-order valence-electron chi connectivity index (χ4n) is 9.12. The van der Waals surface area contributed by atoms with E-state index in [0.717, 1.165) is 34.1 Å². The second-order valence-corrected chi connectivity index (χ2v) is 23.2. The minimum absolute atomic E-state index is 0.00891. The Morgan fingerprint density at radius 3 is 1.08 bits per heavy atom. The van der Waals surface area contributed by atoms with Crippen molar-refractivity contribution in [3.8, 4) is 0 Å². The molecule has 16 nitrogen and oxygen atoms in total. The Morgan fingerprint density at radius 1 is 0.419 bits per heavy atom.